The van der Waals surface area contributed by atoms with Crippen LogP contribution in [0.1, 0.15) is 18.9 Å². The number of hydrogen-bond acceptors (Lipinski definition) is 4. The maximum absolute atomic E-state index is 12.9. The first-order chi connectivity index (χ1) is 12.3. The van der Waals surface area contributed by atoms with Gasteiger partial charge in [-0.15, -0.1) is 0 Å². The number of benzene rings is 2. The number of amides is 1. The number of sulfone groups is 1. The monoisotopic (exact) mass is 437 g/mol. The van der Waals surface area contributed by atoms with Gasteiger partial charge in [-0.3, -0.25) is 4.79 Å². The number of anilines is 1. The van der Waals surface area contributed by atoms with Crippen molar-refractivity contribution in [1.29, 1.82) is 0 Å². The third-order valence-electron chi connectivity index (χ3n) is 4.34. The van der Waals surface area contributed by atoms with Crippen molar-refractivity contribution in [1.82, 2.24) is 0 Å². The standard InChI is InChI=1S/C19H20BrNO4S/c1-13(25-16-7-5-15(20)6-8-16)19(22)21-11-3-4-14-12-17(26(2,23)24)9-10-18(14)21/h5-10,12-13H,3-4,11H2,1-2H3. The molecule has 1 heterocycles. The molecule has 1 amide bonds. The number of rotatable bonds is 4. The van der Waals surface area contributed by atoms with Crippen LogP contribution >= 0.6 is 15.9 Å². The van der Waals surface area contributed by atoms with Crippen molar-refractivity contribution in [2.24, 2.45) is 0 Å². The molecule has 0 bridgehead atoms. The fraction of sp³-hybridized carbons (Fsp3) is 0.316. The summed E-state index contributed by atoms with van der Waals surface area (Å²) in [5, 5.41) is 0. The van der Waals surface area contributed by atoms with E-state index < -0.39 is 15.9 Å². The van der Waals surface area contributed by atoms with Gasteiger partial charge in [-0.25, -0.2) is 8.42 Å². The molecule has 5 nitrogen and oxygen atoms in total. The van der Waals surface area contributed by atoms with E-state index >= 15 is 0 Å². The maximum atomic E-state index is 12.9. The molecule has 0 fully saturated rings. The van der Waals surface area contributed by atoms with Crippen LogP contribution in [-0.2, 0) is 21.1 Å². The minimum Gasteiger partial charge on any atom is -0.481 e. The van der Waals surface area contributed by atoms with Crippen molar-refractivity contribution in [2.75, 3.05) is 17.7 Å². The van der Waals surface area contributed by atoms with Crippen LogP contribution in [0.5, 0.6) is 5.75 Å². The van der Waals surface area contributed by atoms with E-state index in [2.05, 4.69) is 15.9 Å². The van der Waals surface area contributed by atoms with E-state index in [4.69, 9.17) is 4.74 Å². The minimum atomic E-state index is -3.27. The van der Waals surface area contributed by atoms with Gasteiger partial charge in [-0.05, 0) is 67.8 Å². The summed E-state index contributed by atoms with van der Waals surface area (Å²) in [6.07, 6.45) is 2.09. The van der Waals surface area contributed by atoms with Crippen molar-refractivity contribution >= 4 is 37.4 Å². The Hall–Kier alpha value is -1.86. The Morgan fingerprint density at radius 3 is 2.54 bits per heavy atom. The first-order valence-corrected chi connectivity index (χ1v) is 11.0. The predicted octanol–water partition coefficient (Wildman–Crippen LogP) is 3.60. The summed E-state index contributed by atoms with van der Waals surface area (Å²) in [5.74, 6) is 0.486. The van der Waals surface area contributed by atoms with Crippen LogP contribution in [0.4, 0.5) is 5.69 Å². The third-order valence-corrected chi connectivity index (χ3v) is 5.98. The van der Waals surface area contributed by atoms with Gasteiger partial charge in [0.15, 0.2) is 15.9 Å². The largest absolute Gasteiger partial charge is 0.481 e. The van der Waals surface area contributed by atoms with Crippen LogP contribution in [-0.4, -0.2) is 33.2 Å². The molecular formula is C19H20BrNO4S. The Bertz CT molecular complexity index is 925. The predicted molar refractivity (Wildman–Crippen MR) is 104 cm³/mol. The summed E-state index contributed by atoms with van der Waals surface area (Å²) in [6.45, 7) is 2.32. The molecule has 1 unspecified atom stereocenters. The second-order valence-corrected chi connectivity index (χ2v) is 9.30. The molecule has 7 heteroatoms. The highest BCUT2D eigenvalue weighted by Crippen LogP contribution is 2.30. The fourth-order valence-corrected chi connectivity index (χ4v) is 3.96. The van der Waals surface area contributed by atoms with E-state index in [1.165, 1.54) is 6.26 Å². The summed E-state index contributed by atoms with van der Waals surface area (Å²) in [6, 6.07) is 12.3. The van der Waals surface area contributed by atoms with Gasteiger partial charge in [-0.2, -0.15) is 0 Å². The van der Waals surface area contributed by atoms with Crippen molar-refractivity contribution in [3.63, 3.8) is 0 Å². The number of fused-ring (bicyclic) bond motifs is 1. The van der Waals surface area contributed by atoms with E-state index in [0.29, 0.717) is 12.3 Å². The molecular weight excluding hydrogens is 418 g/mol. The van der Waals surface area contributed by atoms with E-state index in [1.807, 2.05) is 12.1 Å². The van der Waals surface area contributed by atoms with Gasteiger partial charge >= 0.3 is 0 Å². The number of hydrogen-bond donors (Lipinski definition) is 0. The highest BCUT2D eigenvalue weighted by atomic mass is 79.9. The first kappa shape index (κ1) is 18.9. The van der Waals surface area contributed by atoms with Crippen LogP contribution in [0.3, 0.4) is 0 Å². The Morgan fingerprint density at radius 1 is 1.19 bits per heavy atom. The van der Waals surface area contributed by atoms with Crippen molar-refractivity contribution < 1.29 is 17.9 Å². The van der Waals surface area contributed by atoms with Gasteiger partial charge in [-0.1, -0.05) is 15.9 Å². The molecule has 138 valence electrons. The number of halogens is 1. The minimum absolute atomic E-state index is 0.138. The Labute approximate surface area is 162 Å². The lowest BCUT2D eigenvalue weighted by atomic mass is 10.0. The maximum Gasteiger partial charge on any atom is 0.267 e. The fourth-order valence-electron chi connectivity index (χ4n) is 3.02. The summed E-state index contributed by atoms with van der Waals surface area (Å²) in [7, 11) is -3.27. The summed E-state index contributed by atoms with van der Waals surface area (Å²) >= 11 is 3.37. The summed E-state index contributed by atoms with van der Waals surface area (Å²) < 4.78 is 30.2. The van der Waals surface area contributed by atoms with E-state index in [-0.39, 0.29) is 10.8 Å². The van der Waals surface area contributed by atoms with Gasteiger partial charge in [0.2, 0.25) is 0 Å². The Morgan fingerprint density at radius 2 is 1.88 bits per heavy atom. The SMILES string of the molecule is CC(Oc1ccc(Br)cc1)C(=O)N1CCCc2cc(S(C)(=O)=O)ccc21. The molecule has 0 saturated heterocycles. The molecule has 1 atom stereocenters. The van der Waals surface area contributed by atoms with Crippen molar-refractivity contribution in [2.45, 2.75) is 30.8 Å². The molecule has 2 aromatic carbocycles. The topological polar surface area (TPSA) is 63.7 Å². The van der Waals surface area contributed by atoms with Crippen LogP contribution in [0, 0.1) is 0 Å². The number of carbonyl (C=O) groups is 1. The van der Waals surface area contributed by atoms with Crippen molar-refractivity contribution in [3.8, 4) is 5.75 Å². The zero-order chi connectivity index (χ0) is 18.9. The third kappa shape index (κ3) is 4.10. The summed E-state index contributed by atoms with van der Waals surface area (Å²) in [4.78, 5) is 14.9. The van der Waals surface area contributed by atoms with Gasteiger partial charge in [0.25, 0.3) is 5.91 Å². The van der Waals surface area contributed by atoms with Crippen LogP contribution in [0.2, 0.25) is 0 Å². The average molecular weight is 438 g/mol. The molecule has 0 aromatic heterocycles. The number of nitrogens with zero attached hydrogens (tertiary/aromatic N) is 1. The second-order valence-electron chi connectivity index (χ2n) is 6.37. The van der Waals surface area contributed by atoms with Crippen molar-refractivity contribution in [3.05, 3.63) is 52.5 Å². The lowest BCUT2D eigenvalue weighted by molar-refractivity contribution is -0.124. The molecule has 0 N–H and O–H groups in total. The van der Waals surface area contributed by atoms with Crippen LogP contribution in [0.15, 0.2) is 51.8 Å². The molecule has 1 aliphatic heterocycles. The zero-order valence-electron chi connectivity index (χ0n) is 14.6. The molecule has 0 saturated carbocycles. The molecule has 0 aliphatic carbocycles. The molecule has 26 heavy (non-hydrogen) atoms. The van der Waals surface area contributed by atoms with Gasteiger partial charge < -0.3 is 9.64 Å². The molecule has 2 aromatic rings. The molecule has 1 aliphatic rings. The zero-order valence-corrected chi connectivity index (χ0v) is 17.0. The van der Waals surface area contributed by atoms with Crippen LogP contribution < -0.4 is 9.64 Å². The average Bonchev–Trinajstić information content (AvgIpc) is 2.61. The van der Waals surface area contributed by atoms with E-state index in [1.54, 1.807) is 42.2 Å². The number of ether oxygens (including phenoxy) is 1. The first-order valence-electron chi connectivity index (χ1n) is 8.32. The lowest BCUT2D eigenvalue weighted by Gasteiger charge is -2.31. The van der Waals surface area contributed by atoms with Gasteiger partial charge in [0.05, 0.1) is 4.90 Å². The Balaban J connectivity index is 1.82. The second kappa shape index (κ2) is 7.40. The van der Waals surface area contributed by atoms with Gasteiger partial charge in [0.1, 0.15) is 5.75 Å². The highest BCUT2D eigenvalue weighted by molar-refractivity contribution is 9.10. The molecule has 0 spiro atoms. The number of carbonyl (C=O) groups excluding carboxylic acids is 1. The van der Waals surface area contributed by atoms with E-state index in [0.717, 1.165) is 28.6 Å². The number of aryl methyl sites for hydroxylation is 1. The smallest absolute Gasteiger partial charge is 0.267 e. The van der Waals surface area contributed by atoms with E-state index in [9.17, 15) is 13.2 Å². The molecule has 3 rings (SSSR count). The molecule has 0 radical (unpaired) electrons. The Kier molecular flexibility index (Phi) is 5.39. The summed E-state index contributed by atoms with van der Waals surface area (Å²) in [5.41, 5.74) is 1.64. The quantitative estimate of drug-likeness (QED) is 0.732. The van der Waals surface area contributed by atoms with Gasteiger partial charge in [0, 0.05) is 23.0 Å². The normalized spacial score (nSPS) is 15.3. The van der Waals surface area contributed by atoms with Crippen LogP contribution in [0.25, 0.3) is 0 Å². The lowest BCUT2D eigenvalue weighted by Crippen LogP contribution is -2.43. The highest BCUT2D eigenvalue weighted by Gasteiger charge is 2.28.